The predicted octanol–water partition coefficient (Wildman–Crippen LogP) is 3.77. The highest BCUT2D eigenvalue weighted by Gasteiger charge is 2.44. The zero-order valence-corrected chi connectivity index (χ0v) is 11.1. The van der Waals surface area contributed by atoms with Crippen molar-refractivity contribution < 1.29 is 22.6 Å². The van der Waals surface area contributed by atoms with Gasteiger partial charge in [0, 0.05) is 5.92 Å². The molecule has 0 heterocycles. The van der Waals surface area contributed by atoms with Crippen molar-refractivity contribution in [2.45, 2.75) is 51.7 Å². The third kappa shape index (κ3) is 5.14. The lowest BCUT2D eigenvalue weighted by Gasteiger charge is -2.28. The third-order valence-corrected chi connectivity index (χ3v) is 2.98. The quantitative estimate of drug-likeness (QED) is 0.771. The Labute approximate surface area is 107 Å². The molecule has 3 unspecified atom stereocenters. The molecule has 0 N–H and O–H groups in total. The Morgan fingerprint density at radius 3 is 2.33 bits per heavy atom. The van der Waals surface area contributed by atoms with E-state index in [-0.39, 0.29) is 24.0 Å². The molecule has 0 saturated heterocycles. The van der Waals surface area contributed by atoms with Crippen LogP contribution in [0.15, 0.2) is 0 Å². The Bertz CT molecular complexity index is 258. The first-order chi connectivity index (χ1) is 8.12. The molecule has 0 amide bonds. The molecule has 1 aliphatic carbocycles. The van der Waals surface area contributed by atoms with Gasteiger partial charge in [-0.3, -0.25) is 4.74 Å². The molecule has 1 fully saturated rings. The fourth-order valence-corrected chi connectivity index (χ4v) is 2.10. The molecule has 0 aliphatic heterocycles. The lowest BCUT2D eigenvalue weighted by Crippen LogP contribution is -2.35. The molecule has 3 atom stereocenters. The summed E-state index contributed by atoms with van der Waals surface area (Å²) in [7, 11) is 0. The van der Waals surface area contributed by atoms with Crippen molar-refractivity contribution in [1.29, 1.82) is 0 Å². The molecule has 0 bridgehead atoms. The van der Waals surface area contributed by atoms with Gasteiger partial charge in [0.25, 0.3) is 0 Å². The van der Waals surface area contributed by atoms with E-state index in [9.17, 15) is 13.2 Å². The van der Waals surface area contributed by atoms with E-state index >= 15 is 0 Å². The highest BCUT2D eigenvalue weighted by molar-refractivity contribution is 4.97. The maximum atomic E-state index is 12.4. The van der Waals surface area contributed by atoms with Crippen LogP contribution in [-0.2, 0) is 9.47 Å². The van der Waals surface area contributed by atoms with Crippen LogP contribution in [0, 0.1) is 25.2 Å². The van der Waals surface area contributed by atoms with Crippen molar-refractivity contribution in [3.63, 3.8) is 0 Å². The molecule has 1 rings (SSSR count). The van der Waals surface area contributed by atoms with Gasteiger partial charge in [-0.05, 0) is 46.0 Å². The summed E-state index contributed by atoms with van der Waals surface area (Å²) < 4.78 is 46.9. The van der Waals surface area contributed by atoms with Gasteiger partial charge in [0.1, 0.15) is 0 Å². The van der Waals surface area contributed by atoms with Crippen molar-refractivity contribution in [3.8, 4) is 0 Å². The third-order valence-electron chi connectivity index (χ3n) is 2.98. The molecule has 106 valence electrons. The molecule has 1 saturated carbocycles. The van der Waals surface area contributed by atoms with Crippen LogP contribution in [0.1, 0.15) is 33.6 Å². The van der Waals surface area contributed by atoms with E-state index in [1.807, 2.05) is 27.2 Å². The second-order valence-electron chi connectivity index (χ2n) is 5.64. The van der Waals surface area contributed by atoms with E-state index in [4.69, 9.17) is 4.74 Å². The molecule has 0 aromatic rings. The zero-order chi connectivity index (χ0) is 14.0. The van der Waals surface area contributed by atoms with Crippen molar-refractivity contribution in [1.82, 2.24) is 0 Å². The minimum Gasteiger partial charge on any atom is -0.375 e. The van der Waals surface area contributed by atoms with Crippen molar-refractivity contribution in [3.05, 3.63) is 13.3 Å². The highest BCUT2D eigenvalue weighted by atomic mass is 19.4. The summed E-state index contributed by atoms with van der Waals surface area (Å²) >= 11 is 0. The van der Waals surface area contributed by atoms with E-state index in [0.717, 1.165) is 0 Å². The largest absolute Gasteiger partial charge is 0.522 e. The Morgan fingerprint density at radius 2 is 1.89 bits per heavy atom. The lowest BCUT2D eigenvalue weighted by molar-refractivity contribution is -0.351. The maximum Gasteiger partial charge on any atom is 0.522 e. The first kappa shape index (κ1) is 15.8. The highest BCUT2D eigenvalue weighted by Crippen LogP contribution is 2.38. The number of rotatable bonds is 4. The summed E-state index contributed by atoms with van der Waals surface area (Å²) in [6, 6.07) is 0. The average molecular weight is 266 g/mol. The summed E-state index contributed by atoms with van der Waals surface area (Å²) in [5.74, 6) is -0.502. The fraction of sp³-hybridized carbons (Fsp3) is 0.846. The van der Waals surface area contributed by atoms with Crippen LogP contribution in [0.25, 0.3) is 0 Å². The van der Waals surface area contributed by atoms with Crippen LogP contribution in [0.2, 0.25) is 0 Å². The Hall–Kier alpha value is -0.290. The van der Waals surface area contributed by atoms with E-state index in [0.29, 0.717) is 12.8 Å². The van der Waals surface area contributed by atoms with Gasteiger partial charge in [0.05, 0.1) is 18.3 Å². The summed E-state index contributed by atoms with van der Waals surface area (Å²) in [5, 5.41) is 0. The zero-order valence-electron chi connectivity index (χ0n) is 11.1. The minimum atomic E-state index is -4.60. The summed E-state index contributed by atoms with van der Waals surface area (Å²) in [6.45, 7) is 9.56. The summed E-state index contributed by atoms with van der Waals surface area (Å²) in [6.07, 6.45) is -2.58. The van der Waals surface area contributed by atoms with Gasteiger partial charge in [0.15, 0.2) is 0 Å². The van der Waals surface area contributed by atoms with Crippen LogP contribution in [0.3, 0.4) is 0 Å². The first-order valence-electron chi connectivity index (χ1n) is 6.13. The normalized spacial score (nSPS) is 29.8. The minimum absolute atomic E-state index is 0.180. The smallest absolute Gasteiger partial charge is 0.375 e. The monoisotopic (exact) mass is 266 g/mol. The standard InChI is InChI=1S/C13H21F3O2/c1-5-9-6-7-10(8-17-12(2,3)4)11(9)18-13(14,15)16/h7,9-11H,1,5-6,8H2,2-4H3. The maximum absolute atomic E-state index is 12.4. The number of hydrogen-bond donors (Lipinski definition) is 0. The van der Waals surface area contributed by atoms with Gasteiger partial charge >= 0.3 is 6.36 Å². The molecule has 1 aliphatic rings. The molecule has 2 nitrogen and oxygen atoms in total. The van der Waals surface area contributed by atoms with E-state index in [1.165, 1.54) is 0 Å². The lowest BCUT2D eigenvalue weighted by atomic mass is 9.99. The number of ether oxygens (including phenoxy) is 2. The molecule has 2 radical (unpaired) electrons. The Balaban J connectivity index is 2.60. The van der Waals surface area contributed by atoms with Crippen LogP contribution in [0.5, 0.6) is 0 Å². The van der Waals surface area contributed by atoms with Crippen LogP contribution < -0.4 is 0 Å². The second-order valence-corrected chi connectivity index (χ2v) is 5.64. The second kappa shape index (κ2) is 5.78. The van der Waals surface area contributed by atoms with Gasteiger partial charge in [-0.2, -0.15) is 0 Å². The van der Waals surface area contributed by atoms with Gasteiger partial charge in [0.2, 0.25) is 0 Å². The molecule has 0 aromatic heterocycles. The van der Waals surface area contributed by atoms with Crippen molar-refractivity contribution >= 4 is 0 Å². The van der Waals surface area contributed by atoms with Crippen LogP contribution in [0.4, 0.5) is 13.2 Å². The summed E-state index contributed by atoms with van der Waals surface area (Å²) in [5.41, 5.74) is -0.362. The number of hydrogen-bond acceptors (Lipinski definition) is 2. The molecule has 5 heteroatoms. The van der Waals surface area contributed by atoms with Crippen LogP contribution >= 0.6 is 0 Å². The van der Waals surface area contributed by atoms with E-state index in [1.54, 1.807) is 0 Å². The molecule has 0 spiro atoms. The first-order valence-corrected chi connectivity index (χ1v) is 6.13. The van der Waals surface area contributed by atoms with Crippen molar-refractivity contribution in [2.24, 2.45) is 11.8 Å². The molecule has 18 heavy (non-hydrogen) atoms. The fourth-order valence-electron chi connectivity index (χ4n) is 2.10. The SMILES string of the molecule is [CH2]CC1C[CH]C(COC(C)(C)C)C1OC(F)(F)F. The molecular formula is C13H21F3O2. The Kier molecular flexibility index (Phi) is 5.06. The van der Waals surface area contributed by atoms with E-state index < -0.39 is 12.5 Å². The van der Waals surface area contributed by atoms with E-state index in [2.05, 4.69) is 11.7 Å². The molecular weight excluding hydrogens is 245 g/mol. The Morgan fingerprint density at radius 1 is 1.28 bits per heavy atom. The molecule has 0 aromatic carbocycles. The number of halogens is 3. The van der Waals surface area contributed by atoms with Gasteiger partial charge in [-0.15, -0.1) is 13.2 Å². The van der Waals surface area contributed by atoms with Crippen LogP contribution in [-0.4, -0.2) is 24.7 Å². The van der Waals surface area contributed by atoms with Gasteiger partial charge in [-0.25, -0.2) is 0 Å². The topological polar surface area (TPSA) is 18.5 Å². The van der Waals surface area contributed by atoms with Crippen molar-refractivity contribution in [2.75, 3.05) is 6.61 Å². The predicted molar refractivity (Wildman–Crippen MR) is 62.5 cm³/mol. The average Bonchev–Trinajstić information content (AvgIpc) is 2.54. The number of alkyl halides is 3. The summed E-state index contributed by atoms with van der Waals surface area (Å²) in [4.78, 5) is 0. The van der Waals surface area contributed by atoms with Gasteiger partial charge in [-0.1, -0.05) is 6.92 Å². The van der Waals surface area contributed by atoms with Gasteiger partial charge < -0.3 is 4.74 Å².